The molecule has 17 heavy (non-hydrogen) atoms. The number of benzene rings is 1. The summed E-state index contributed by atoms with van der Waals surface area (Å²) in [6.45, 7) is 2.64. The number of anilines is 1. The van der Waals surface area contributed by atoms with Crippen molar-refractivity contribution in [1.29, 1.82) is 0 Å². The van der Waals surface area contributed by atoms with Gasteiger partial charge in [0.15, 0.2) is 0 Å². The molecule has 5 nitrogen and oxygen atoms in total. The first-order valence-corrected chi connectivity index (χ1v) is 5.67. The Hall–Kier alpha value is -1.75. The zero-order valence-electron chi connectivity index (χ0n) is 9.64. The van der Waals surface area contributed by atoms with Crippen molar-refractivity contribution in [3.05, 3.63) is 39.8 Å². The third kappa shape index (κ3) is 2.19. The molecule has 0 spiro atoms. The van der Waals surface area contributed by atoms with Crippen molar-refractivity contribution in [1.82, 2.24) is 14.3 Å². The van der Waals surface area contributed by atoms with Crippen molar-refractivity contribution in [3.8, 4) is 5.69 Å². The third-order valence-electron chi connectivity index (χ3n) is 2.33. The van der Waals surface area contributed by atoms with Gasteiger partial charge < -0.3 is 5.32 Å². The maximum atomic E-state index is 12.0. The van der Waals surface area contributed by atoms with Gasteiger partial charge in [0.2, 0.25) is 5.95 Å². The normalized spacial score (nSPS) is 10.5. The Kier molecular flexibility index (Phi) is 3.19. The summed E-state index contributed by atoms with van der Waals surface area (Å²) < 4.78 is 2.79. The van der Waals surface area contributed by atoms with E-state index in [2.05, 4.69) is 10.4 Å². The summed E-state index contributed by atoms with van der Waals surface area (Å²) in [5.41, 5.74) is 0.495. The number of hydrogen-bond acceptors (Lipinski definition) is 3. The van der Waals surface area contributed by atoms with Gasteiger partial charge in [-0.05, 0) is 25.1 Å². The molecular formula is C11H13ClN4O. The number of aryl methyl sites for hydroxylation is 1. The van der Waals surface area contributed by atoms with Crippen LogP contribution in [0.3, 0.4) is 0 Å². The largest absolute Gasteiger partial charge is 0.354 e. The van der Waals surface area contributed by atoms with Crippen molar-refractivity contribution < 1.29 is 0 Å². The summed E-state index contributed by atoms with van der Waals surface area (Å²) in [5.74, 6) is 0.516. The van der Waals surface area contributed by atoms with E-state index in [0.717, 1.165) is 0 Å². The van der Waals surface area contributed by atoms with Gasteiger partial charge >= 0.3 is 5.69 Å². The molecule has 0 bridgehead atoms. The van der Waals surface area contributed by atoms with E-state index in [1.807, 2.05) is 13.0 Å². The molecule has 0 unspecified atom stereocenters. The van der Waals surface area contributed by atoms with E-state index < -0.39 is 0 Å². The Bertz CT molecular complexity index is 587. The zero-order valence-corrected chi connectivity index (χ0v) is 10.4. The van der Waals surface area contributed by atoms with Gasteiger partial charge in [0.25, 0.3) is 0 Å². The maximum Gasteiger partial charge on any atom is 0.351 e. The molecule has 6 heteroatoms. The fourth-order valence-electron chi connectivity index (χ4n) is 1.59. The maximum absolute atomic E-state index is 12.0. The molecule has 90 valence electrons. The van der Waals surface area contributed by atoms with Crippen LogP contribution in [0.15, 0.2) is 29.1 Å². The van der Waals surface area contributed by atoms with Gasteiger partial charge in [-0.15, -0.1) is 5.10 Å². The molecule has 1 aromatic heterocycles. The number of halogens is 1. The second kappa shape index (κ2) is 4.63. The first-order chi connectivity index (χ1) is 8.13. The van der Waals surface area contributed by atoms with Crippen molar-refractivity contribution in [2.24, 2.45) is 7.05 Å². The van der Waals surface area contributed by atoms with E-state index in [1.54, 1.807) is 25.2 Å². The van der Waals surface area contributed by atoms with Crippen LogP contribution in [0.1, 0.15) is 6.92 Å². The average Bonchev–Trinajstić information content (AvgIpc) is 2.55. The number of nitrogens with zero attached hydrogens (tertiary/aromatic N) is 3. The predicted molar refractivity (Wildman–Crippen MR) is 68.0 cm³/mol. The smallest absolute Gasteiger partial charge is 0.351 e. The lowest BCUT2D eigenvalue weighted by atomic mass is 10.3. The molecule has 2 aromatic rings. The highest BCUT2D eigenvalue weighted by atomic mass is 35.5. The topological polar surface area (TPSA) is 51.9 Å². The molecule has 1 aromatic carbocycles. The second-order valence-corrected chi connectivity index (χ2v) is 4.01. The molecule has 0 aliphatic carbocycles. The van der Waals surface area contributed by atoms with E-state index in [0.29, 0.717) is 23.2 Å². The first kappa shape index (κ1) is 11.7. The van der Waals surface area contributed by atoms with Crippen LogP contribution in [0.5, 0.6) is 0 Å². The average molecular weight is 253 g/mol. The quantitative estimate of drug-likeness (QED) is 0.904. The Morgan fingerprint density at radius 3 is 2.88 bits per heavy atom. The van der Waals surface area contributed by atoms with Crippen LogP contribution < -0.4 is 11.0 Å². The first-order valence-electron chi connectivity index (χ1n) is 5.29. The molecule has 1 heterocycles. The van der Waals surface area contributed by atoms with Gasteiger partial charge in [-0.1, -0.05) is 17.7 Å². The van der Waals surface area contributed by atoms with Crippen molar-refractivity contribution >= 4 is 17.5 Å². The summed E-state index contributed by atoms with van der Waals surface area (Å²) in [4.78, 5) is 12.0. The summed E-state index contributed by atoms with van der Waals surface area (Å²) in [7, 11) is 1.62. The second-order valence-electron chi connectivity index (χ2n) is 3.58. The van der Waals surface area contributed by atoms with Gasteiger partial charge in [0, 0.05) is 18.6 Å². The van der Waals surface area contributed by atoms with Gasteiger partial charge in [-0.3, -0.25) is 0 Å². The molecular weight excluding hydrogens is 240 g/mol. The lowest BCUT2D eigenvalue weighted by Gasteiger charge is -2.06. The van der Waals surface area contributed by atoms with Crippen LogP contribution in [0.25, 0.3) is 5.69 Å². The number of rotatable bonds is 3. The number of aromatic nitrogens is 3. The number of nitrogens with one attached hydrogen (secondary N) is 1. The molecule has 1 N–H and O–H groups in total. The van der Waals surface area contributed by atoms with Gasteiger partial charge in [0.05, 0.1) is 5.69 Å². The Morgan fingerprint density at radius 1 is 1.47 bits per heavy atom. The molecule has 0 saturated carbocycles. The molecule has 0 aliphatic rings. The predicted octanol–water partition coefficient (Wildman–Crippen LogP) is 1.66. The van der Waals surface area contributed by atoms with Crippen LogP contribution >= 0.6 is 11.6 Å². The highest BCUT2D eigenvalue weighted by molar-refractivity contribution is 6.30. The molecule has 0 atom stereocenters. The van der Waals surface area contributed by atoms with E-state index in [4.69, 9.17) is 11.6 Å². The Balaban J connectivity index is 2.61. The van der Waals surface area contributed by atoms with Crippen LogP contribution in [0.4, 0.5) is 5.95 Å². The zero-order chi connectivity index (χ0) is 12.4. The van der Waals surface area contributed by atoms with Crippen molar-refractivity contribution in [2.75, 3.05) is 11.9 Å². The summed E-state index contributed by atoms with van der Waals surface area (Å²) in [6, 6.07) is 7.10. The minimum absolute atomic E-state index is 0.205. The van der Waals surface area contributed by atoms with Gasteiger partial charge in [0.1, 0.15) is 0 Å². The lowest BCUT2D eigenvalue weighted by molar-refractivity contribution is 0.726. The van der Waals surface area contributed by atoms with Crippen LogP contribution in [-0.2, 0) is 7.05 Å². The standard InChI is InChI=1S/C11H13ClN4O/c1-3-13-10-14-15(2)11(17)16(10)9-6-4-5-8(12)7-9/h4-7H,3H2,1-2H3,(H,13,14). The molecule has 0 saturated heterocycles. The van der Waals surface area contributed by atoms with Crippen molar-refractivity contribution in [2.45, 2.75) is 6.92 Å². The number of hydrogen-bond donors (Lipinski definition) is 1. The molecule has 0 radical (unpaired) electrons. The summed E-state index contributed by atoms with van der Waals surface area (Å²) >= 11 is 5.92. The molecule has 0 fully saturated rings. The third-order valence-corrected chi connectivity index (χ3v) is 2.56. The highest BCUT2D eigenvalue weighted by Crippen LogP contribution is 2.16. The summed E-state index contributed by atoms with van der Waals surface area (Å²) in [5, 5.41) is 7.75. The van der Waals surface area contributed by atoms with E-state index in [9.17, 15) is 4.79 Å². The Labute approximate surface area is 104 Å². The minimum Gasteiger partial charge on any atom is -0.354 e. The van der Waals surface area contributed by atoms with E-state index in [-0.39, 0.29) is 5.69 Å². The summed E-state index contributed by atoms with van der Waals surface area (Å²) in [6.07, 6.45) is 0. The fourth-order valence-corrected chi connectivity index (χ4v) is 1.77. The minimum atomic E-state index is -0.205. The lowest BCUT2D eigenvalue weighted by Crippen LogP contribution is -2.22. The highest BCUT2D eigenvalue weighted by Gasteiger charge is 2.12. The van der Waals surface area contributed by atoms with E-state index in [1.165, 1.54) is 9.25 Å². The molecule has 2 rings (SSSR count). The fraction of sp³-hybridized carbons (Fsp3) is 0.273. The van der Waals surface area contributed by atoms with Crippen molar-refractivity contribution in [3.63, 3.8) is 0 Å². The van der Waals surface area contributed by atoms with Crippen LogP contribution in [0, 0.1) is 0 Å². The van der Waals surface area contributed by atoms with E-state index >= 15 is 0 Å². The van der Waals surface area contributed by atoms with Crippen LogP contribution in [-0.4, -0.2) is 20.9 Å². The van der Waals surface area contributed by atoms with Gasteiger partial charge in [-0.25, -0.2) is 14.0 Å². The monoisotopic (exact) mass is 252 g/mol. The molecule has 0 aliphatic heterocycles. The SMILES string of the molecule is CCNc1nn(C)c(=O)n1-c1cccc(Cl)c1. The molecule has 0 amide bonds. The van der Waals surface area contributed by atoms with Crippen LogP contribution in [0.2, 0.25) is 5.02 Å². The Morgan fingerprint density at radius 2 is 2.24 bits per heavy atom. The van der Waals surface area contributed by atoms with Gasteiger partial charge in [-0.2, -0.15) is 0 Å².